The summed E-state index contributed by atoms with van der Waals surface area (Å²) in [4.78, 5) is 0. The Kier molecular flexibility index (Phi) is 4.25. The number of aliphatic hydroxyl groups excluding tert-OH is 1. The van der Waals surface area contributed by atoms with Gasteiger partial charge < -0.3 is 15.2 Å². The number of nitrogens with one attached hydrogen (secondary N) is 1. The first-order valence-corrected chi connectivity index (χ1v) is 6.64. The zero-order chi connectivity index (χ0) is 13.0. The molecular formula is C15H23NO2. The molecule has 2 N–H and O–H groups in total. The molecule has 0 amide bonds. The van der Waals surface area contributed by atoms with Crippen LogP contribution < -0.4 is 10.1 Å². The second-order valence-electron chi connectivity index (χ2n) is 5.43. The van der Waals surface area contributed by atoms with Gasteiger partial charge in [-0.3, -0.25) is 0 Å². The molecule has 3 nitrogen and oxygen atoms in total. The van der Waals surface area contributed by atoms with E-state index in [1.54, 1.807) is 7.11 Å². The Bertz CT molecular complexity index is 394. The molecule has 1 aromatic rings. The molecule has 1 fully saturated rings. The zero-order valence-corrected chi connectivity index (χ0v) is 11.3. The van der Waals surface area contributed by atoms with Gasteiger partial charge in [-0.2, -0.15) is 0 Å². The van der Waals surface area contributed by atoms with Gasteiger partial charge in [-0.25, -0.2) is 0 Å². The van der Waals surface area contributed by atoms with E-state index in [2.05, 4.69) is 24.4 Å². The van der Waals surface area contributed by atoms with Crippen molar-refractivity contribution >= 4 is 0 Å². The summed E-state index contributed by atoms with van der Waals surface area (Å²) < 4.78 is 5.36. The number of ether oxygens (including phenoxy) is 1. The summed E-state index contributed by atoms with van der Waals surface area (Å²) in [6.45, 7) is 4.07. The Labute approximate surface area is 109 Å². The van der Waals surface area contributed by atoms with Gasteiger partial charge in [-0.05, 0) is 25.8 Å². The number of rotatable bonds is 6. The van der Waals surface area contributed by atoms with Crippen LogP contribution in [0, 0.1) is 12.3 Å². The highest BCUT2D eigenvalue weighted by Gasteiger charge is 2.35. The lowest BCUT2D eigenvalue weighted by Crippen LogP contribution is -2.42. The summed E-state index contributed by atoms with van der Waals surface area (Å²) in [5, 5.41) is 12.9. The van der Waals surface area contributed by atoms with Crippen LogP contribution >= 0.6 is 0 Å². The summed E-state index contributed by atoms with van der Waals surface area (Å²) in [6, 6.07) is 6.22. The van der Waals surface area contributed by atoms with E-state index in [1.165, 1.54) is 17.5 Å². The Balaban J connectivity index is 1.91. The predicted molar refractivity (Wildman–Crippen MR) is 72.8 cm³/mol. The molecule has 0 atom stereocenters. The molecule has 3 heteroatoms. The lowest BCUT2D eigenvalue weighted by Gasteiger charge is -2.40. The first-order valence-electron chi connectivity index (χ1n) is 6.64. The topological polar surface area (TPSA) is 41.5 Å². The third-order valence-electron chi connectivity index (χ3n) is 4.00. The molecule has 0 unspecified atom stereocenters. The number of hydrogen-bond donors (Lipinski definition) is 2. The molecule has 0 heterocycles. The van der Waals surface area contributed by atoms with E-state index in [1.807, 2.05) is 6.07 Å². The van der Waals surface area contributed by atoms with Crippen molar-refractivity contribution in [3.05, 3.63) is 29.3 Å². The van der Waals surface area contributed by atoms with Gasteiger partial charge in [0.2, 0.25) is 0 Å². The molecule has 18 heavy (non-hydrogen) atoms. The van der Waals surface area contributed by atoms with Gasteiger partial charge in [-0.1, -0.05) is 24.1 Å². The largest absolute Gasteiger partial charge is 0.496 e. The van der Waals surface area contributed by atoms with Crippen LogP contribution in [0.3, 0.4) is 0 Å². The lowest BCUT2D eigenvalue weighted by atomic mass is 9.69. The van der Waals surface area contributed by atoms with Gasteiger partial charge in [0.05, 0.1) is 7.11 Å². The smallest absolute Gasteiger partial charge is 0.123 e. The molecule has 0 spiro atoms. The third-order valence-corrected chi connectivity index (χ3v) is 4.00. The monoisotopic (exact) mass is 249 g/mol. The summed E-state index contributed by atoms with van der Waals surface area (Å²) in [6.07, 6.45) is 3.53. The molecule has 2 rings (SSSR count). The SMILES string of the molecule is COc1ccc(C)cc1CNCC1(CO)CCC1. The third kappa shape index (κ3) is 2.85. The molecule has 1 aromatic carbocycles. The van der Waals surface area contributed by atoms with Crippen molar-refractivity contribution in [2.75, 3.05) is 20.3 Å². The van der Waals surface area contributed by atoms with Crippen LogP contribution in [0.25, 0.3) is 0 Å². The highest BCUT2D eigenvalue weighted by molar-refractivity contribution is 5.36. The fourth-order valence-electron chi connectivity index (χ4n) is 2.58. The van der Waals surface area contributed by atoms with Crippen LogP contribution in [0.5, 0.6) is 5.75 Å². The van der Waals surface area contributed by atoms with E-state index in [4.69, 9.17) is 4.74 Å². The Morgan fingerprint density at radius 3 is 2.72 bits per heavy atom. The van der Waals surface area contributed by atoms with E-state index in [0.717, 1.165) is 31.7 Å². The second-order valence-corrected chi connectivity index (χ2v) is 5.43. The quantitative estimate of drug-likeness (QED) is 0.812. The highest BCUT2D eigenvalue weighted by Crippen LogP contribution is 2.39. The molecule has 1 saturated carbocycles. The molecular weight excluding hydrogens is 226 g/mol. The van der Waals surface area contributed by atoms with Gasteiger partial charge >= 0.3 is 0 Å². The molecule has 0 aliphatic heterocycles. The van der Waals surface area contributed by atoms with Crippen molar-refractivity contribution in [1.82, 2.24) is 5.32 Å². The first kappa shape index (κ1) is 13.4. The van der Waals surface area contributed by atoms with Gasteiger partial charge in [0.25, 0.3) is 0 Å². The Morgan fingerprint density at radius 2 is 2.17 bits per heavy atom. The number of aliphatic hydroxyl groups is 1. The van der Waals surface area contributed by atoms with E-state index >= 15 is 0 Å². The molecule has 1 aliphatic rings. The molecule has 1 aliphatic carbocycles. The average molecular weight is 249 g/mol. The number of hydrogen-bond acceptors (Lipinski definition) is 3. The zero-order valence-electron chi connectivity index (χ0n) is 11.3. The van der Waals surface area contributed by atoms with Crippen LogP contribution in [-0.4, -0.2) is 25.4 Å². The minimum absolute atomic E-state index is 0.136. The lowest BCUT2D eigenvalue weighted by molar-refractivity contribution is 0.0444. The van der Waals surface area contributed by atoms with E-state index in [-0.39, 0.29) is 5.41 Å². The Hall–Kier alpha value is -1.06. The van der Waals surface area contributed by atoms with E-state index in [9.17, 15) is 5.11 Å². The summed E-state index contributed by atoms with van der Waals surface area (Å²) in [7, 11) is 1.70. The van der Waals surface area contributed by atoms with Gasteiger partial charge in [0, 0.05) is 30.7 Å². The summed E-state index contributed by atoms with van der Waals surface area (Å²) in [5.41, 5.74) is 2.56. The van der Waals surface area contributed by atoms with Crippen LogP contribution in [0.15, 0.2) is 18.2 Å². The molecule has 0 saturated heterocycles. The average Bonchev–Trinajstić information content (AvgIpc) is 2.33. The fraction of sp³-hybridized carbons (Fsp3) is 0.600. The highest BCUT2D eigenvalue weighted by atomic mass is 16.5. The van der Waals surface area contributed by atoms with Gasteiger partial charge in [0.15, 0.2) is 0 Å². The summed E-state index contributed by atoms with van der Waals surface area (Å²) in [5.74, 6) is 0.930. The molecule has 100 valence electrons. The Morgan fingerprint density at radius 1 is 1.39 bits per heavy atom. The second kappa shape index (κ2) is 5.72. The van der Waals surface area contributed by atoms with E-state index in [0.29, 0.717) is 6.61 Å². The standard InChI is InChI=1S/C15H23NO2/c1-12-4-5-14(18-2)13(8-12)9-16-10-15(11-17)6-3-7-15/h4-5,8,16-17H,3,6-7,9-11H2,1-2H3. The van der Waals surface area contributed by atoms with Crippen LogP contribution in [0.2, 0.25) is 0 Å². The number of aryl methyl sites for hydroxylation is 1. The van der Waals surface area contributed by atoms with E-state index < -0.39 is 0 Å². The molecule has 0 aromatic heterocycles. The minimum atomic E-state index is 0.136. The maximum atomic E-state index is 9.41. The van der Waals surface area contributed by atoms with Crippen LogP contribution in [0.4, 0.5) is 0 Å². The maximum absolute atomic E-state index is 9.41. The number of methoxy groups -OCH3 is 1. The summed E-state index contributed by atoms with van der Waals surface area (Å²) >= 11 is 0. The van der Waals surface area contributed by atoms with Crippen molar-refractivity contribution in [2.45, 2.75) is 32.7 Å². The van der Waals surface area contributed by atoms with Crippen molar-refractivity contribution < 1.29 is 9.84 Å². The van der Waals surface area contributed by atoms with Crippen molar-refractivity contribution in [3.63, 3.8) is 0 Å². The van der Waals surface area contributed by atoms with Gasteiger partial charge in [-0.15, -0.1) is 0 Å². The van der Waals surface area contributed by atoms with Gasteiger partial charge in [0.1, 0.15) is 5.75 Å². The maximum Gasteiger partial charge on any atom is 0.123 e. The van der Waals surface area contributed by atoms with Crippen LogP contribution in [-0.2, 0) is 6.54 Å². The number of benzene rings is 1. The predicted octanol–water partition coefficient (Wildman–Crippen LogP) is 2.26. The fourth-order valence-corrected chi connectivity index (χ4v) is 2.58. The molecule has 0 radical (unpaired) electrons. The van der Waals surface area contributed by atoms with Crippen molar-refractivity contribution in [2.24, 2.45) is 5.41 Å². The van der Waals surface area contributed by atoms with Crippen LogP contribution in [0.1, 0.15) is 30.4 Å². The molecule has 0 bridgehead atoms. The minimum Gasteiger partial charge on any atom is -0.496 e. The first-order chi connectivity index (χ1) is 8.69. The normalized spacial score (nSPS) is 17.3. The van der Waals surface area contributed by atoms with Crippen molar-refractivity contribution in [3.8, 4) is 5.75 Å². The van der Waals surface area contributed by atoms with Crippen molar-refractivity contribution in [1.29, 1.82) is 0 Å².